The molecule has 1 amide bonds. The van der Waals surface area contributed by atoms with Gasteiger partial charge in [-0.2, -0.15) is 0 Å². The predicted molar refractivity (Wildman–Crippen MR) is 33.6 cm³/mol. The molecule has 1 rings (SSSR count). The van der Waals surface area contributed by atoms with Gasteiger partial charge in [-0.05, 0) is 6.92 Å². The number of carbonyl (C=O) groups is 2. The molecule has 1 aliphatic heterocycles. The first-order valence-corrected chi connectivity index (χ1v) is 3.18. The number of hydrogen-bond acceptors (Lipinski definition) is 3. The van der Waals surface area contributed by atoms with Crippen LogP contribution in [-0.4, -0.2) is 36.5 Å². The minimum absolute atomic E-state index is 0.205. The SMILES string of the molecule is CCN1C(=O)OCC1C=O. The smallest absolute Gasteiger partial charge is 0.410 e. The number of aldehydes is 1. The Morgan fingerprint density at radius 1 is 1.90 bits per heavy atom. The highest BCUT2D eigenvalue weighted by Crippen LogP contribution is 2.08. The van der Waals surface area contributed by atoms with E-state index in [1.165, 1.54) is 4.90 Å². The van der Waals surface area contributed by atoms with Crippen LogP contribution in [0.1, 0.15) is 6.92 Å². The average Bonchev–Trinajstić information content (AvgIpc) is 2.30. The molecule has 1 heterocycles. The first-order chi connectivity index (χ1) is 4.79. The Hall–Kier alpha value is -1.06. The van der Waals surface area contributed by atoms with Crippen molar-refractivity contribution in [2.24, 2.45) is 0 Å². The molecule has 4 nitrogen and oxygen atoms in total. The normalized spacial score (nSPS) is 24.7. The first kappa shape index (κ1) is 7.05. The van der Waals surface area contributed by atoms with E-state index in [9.17, 15) is 9.59 Å². The van der Waals surface area contributed by atoms with Crippen LogP contribution in [0.5, 0.6) is 0 Å². The molecule has 1 aliphatic rings. The van der Waals surface area contributed by atoms with Crippen LogP contribution in [0.3, 0.4) is 0 Å². The number of cyclic esters (lactones) is 1. The molecule has 10 heavy (non-hydrogen) atoms. The average molecular weight is 143 g/mol. The van der Waals surface area contributed by atoms with Gasteiger partial charge in [0, 0.05) is 6.54 Å². The van der Waals surface area contributed by atoms with Crippen LogP contribution >= 0.6 is 0 Å². The highest BCUT2D eigenvalue weighted by Gasteiger charge is 2.30. The van der Waals surface area contributed by atoms with Crippen molar-refractivity contribution in [3.05, 3.63) is 0 Å². The summed E-state index contributed by atoms with van der Waals surface area (Å²) in [6, 6.07) is -0.363. The third-order valence-corrected chi connectivity index (χ3v) is 1.51. The van der Waals surface area contributed by atoms with Gasteiger partial charge in [0.05, 0.1) is 0 Å². The van der Waals surface area contributed by atoms with Crippen molar-refractivity contribution < 1.29 is 14.3 Å². The van der Waals surface area contributed by atoms with Crippen molar-refractivity contribution in [1.82, 2.24) is 4.90 Å². The molecule has 0 saturated carbocycles. The topological polar surface area (TPSA) is 46.6 Å². The van der Waals surface area contributed by atoms with Gasteiger partial charge in [-0.1, -0.05) is 0 Å². The predicted octanol–water partition coefficient (Wildman–Crippen LogP) is 0.0260. The zero-order valence-electron chi connectivity index (χ0n) is 5.74. The lowest BCUT2D eigenvalue weighted by Gasteiger charge is -2.12. The molecule has 0 aromatic rings. The molecule has 0 aliphatic carbocycles. The maximum atomic E-state index is 10.7. The number of hydrogen-bond donors (Lipinski definition) is 0. The maximum absolute atomic E-state index is 10.7. The minimum atomic E-state index is -0.389. The van der Waals surface area contributed by atoms with Crippen molar-refractivity contribution in [2.45, 2.75) is 13.0 Å². The summed E-state index contributed by atoms with van der Waals surface area (Å²) in [5.41, 5.74) is 0. The number of likely N-dealkylation sites (N-methyl/N-ethyl adjacent to an activating group) is 1. The van der Waals surface area contributed by atoms with Gasteiger partial charge in [-0.3, -0.25) is 4.90 Å². The lowest BCUT2D eigenvalue weighted by Crippen LogP contribution is -2.34. The van der Waals surface area contributed by atoms with E-state index in [-0.39, 0.29) is 18.7 Å². The molecule has 0 N–H and O–H groups in total. The molecule has 4 heteroatoms. The minimum Gasteiger partial charge on any atom is -0.447 e. The highest BCUT2D eigenvalue weighted by molar-refractivity contribution is 5.76. The molecule has 0 spiro atoms. The lowest BCUT2D eigenvalue weighted by atomic mass is 10.3. The molecule has 1 saturated heterocycles. The summed E-state index contributed by atoms with van der Waals surface area (Å²) in [6.07, 6.45) is 0.341. The van der Waals surface area contributed by atoms with E-state index < -0.39 is 0 Å². The van der Waals surface area contributed by atoms with Gasteiger partial charge in [0.2, 0.25) is 0 Å². The molecule has 0 bridgehead atoms. The quantitative estimate of drug-likeness (QED) is 0.512. The van der Waals surface area contributed by atoms with Crippen molar-refractivity contribution in [3.63, 3.8) is 0 Å². The van der Waals surface area contributed by atoms with Gasteiger partial charge in [0.1, 0.15) is 18.9 Å². The van der Waals surface area contributed by atoms with E-state index in [0.717, 1.165) is 6.29 Å². The molecule has 0 aromatic heterocycles. The van der Waals surface area contributed by atoms with Crippen molar-refractivity contribution in [1.29, 1.82) is 0 Å². The second-order valence-corrected chi connectivity index (χ2v) is 2.07. The summed E-state index contributed by atoms with van der Waals surface area (Å²) in [5.74, 6) is 0. The molecular weight excluding hydrogens is 134 g/mol. The Morgan fingerprint density at radius 2 is 2.60 bits per heavy atom. The number of nitrogens with zero attached hydrogens (tertiary/aromatic N) is 1. The Kier molecular flexibility index (Phi) is 1.89. The van der Waals surface area contributed by atoms with Crippen LogP contribution in [0.4, 0.5) is 4.79 Å². The van der Waals surface area contributed by atoms with Crippen molar-refractivity contribution in [3.8, 4) is 0 Å². The summed E-state index contributed by atoms with van der Waals surface area (Å²) in [4.78, 5) is 22.4. The fraction of sp³-hybridized carbons (Fsp3) is 0.667. The van der Waals surface area contributed by atoms with Crippen LogP contribution in [0, 0.1) is 0 Å². The third kappa shape index (κ3) is 0.964. The summed E-state index contributed by atoms with van der Waals surface area (Å²) >= 11 is 0. The summed E-state index contributed by atoms with van der Waals surface area (Å²) in [6.45, 7) is 2.54. The van der Waals surface area contributed by atoms with Gasteiger partial charge in [0.25, 0.3) is 0 Å². The number of carbonyl (C=O) groups excluding carboxylic acids is 2. The number of amides is 1. The van der Waals surface area contributed by atoms with Crippen LogP contribution in [-0.2, 0) is 9.53 Å². The van der Waals surface area contributed by atoms with Crippen LogP contribution in [0.25, 0.3) is 0 Å². The zero-order valence-corrected chi connectivity index (χ0v) is 5.74. The van der Waals surface area contributed by atoms with Crippen LogP contribution in [0.2, 0.25) is 0 Å². The van der Waals surface area contributed by atoms with E-state index in [4.69, 9.17) is 0 Å². The summed E-state index contributed by atoms with van der Waals surface area (Å²) in [7, 11) is 0. The Morgan fingerprint density at radius 3 is 3.00 bits per heavy atom. The van der Waals surface area contributed by atoms with Gasteiger partial charge < -0.3 is 9.53 Å². The van der Waals surface area contributed by atoms with Gasteiger partial charge in [-0.25, -0.2) is 4.79 Å². The molecule has 0 aromatic carbocycles. The highest BCUT2D eigenvalue weighted by atomic mass is 16.6. The van der Waals surface area contributed by atoms with E-state index >= 15 is 0 Å². The number of ether oxygens (including phenoxy) is 1. The largest absolute Gasteiger partial charge is 0.447 e. The summed E-state index contributed by atoms with van der Waals surface area (Å²) < 4.78 is 4.62. The summed E-state index contributed by atoms with van der Waals surface area (Å²) in [5, 5.41) is 0. The van der Waals surface area contributed by atoms with Gasteiger partial charge in [0.15, 0.2) is 0 Å². The van der Waals surface area contributed by atoms with Crippen LogP contribution < -0.4 is 0 Å². The lowest BCUT2D eigenvalue weighted by molar-refractivity contribution is -0.111. The van der Waals surface area contributed by atoms with E-state index in [1.807, 2.05) is 6.92 Å². The Labute approximate surface area is 58.8 Å². The second kappa shape index (κ2) is 2.68. The molecule has 1 unspecified atom stereocenters. The molecule has 56 valence electrons. The Balaban J connectivity index is 2.62. The monoisotopic (exact) mass is 143 g/mol. The molecule has 0 radical (unpaired) electrons. The second-order valence-electron chi connectivity index (χ2n) is 2.07. The Bertz CT molecular complexity index is 157. The fourth-order valence-corrected chi connectivity index (χ4v) is 0.941. The van der Waals surface area contributed by atoms with Gasteiger partial charge in [-0.15, -0.1) is 0 Å². The maximum Gasteiger partial charge on any atom is 0.410 e. The fourth-order valence-electron chi connectivity index (χ4n) is 0.941. The number of rotatable bonds is 2. The van der Waals surface area contributed by atoms with E-state index in [0.29, 0.717) is 6.54 Å². The zero-order chi connectivity index (χ0) is 7.56. The molecule has 1 fully saturated rings. The first-order valence-electron chi connectivity index (χ1n) is 3.18. The molecular formula is C6H9NO3. The van der Waals surface area contributed by atoms with E-state index in [2.05, 4.69) is 4.74 Å². The third-order valence-electron chi connectivity index (χ3n) is 1.51. The van der Waals surface area contributed by atoms with Gasteiger partial charge >= 0.3 is 6.09 Å². The van der Waals surface area contributed by atoms with Crippen molar-refractivity contribution >= 4 is 12.4 Å². The standard InChI is InChI=1S/C6H9NO3/c1-2-7-5(3-8)4-10-6(7)9/h3,5H,2,4H2,1H3. The molecule has 1 atom stereocenters. The van der Waals surface area contributed by atoms with E-state index in [1.54, 1.807) is 0 Å². The van der Waals surface area contributed by atoms with Crippen molar-refractivity contribution in [2.75, 3.05) is 13.2 Å². The van der Waals surface area contributed by atoms with Crippen LogP contribution in [0.15, 0.2) is 0 Å².